The van der Waals surface area contributed by atoms with Gasteiger partial charge in [-0.2, -0.15) is 5.10 Å². The third-order valence-corrected chi connectivity index (χ3v) is 5.06. The molecule has 0 atom stereocenters. The van der Waals surface area contributed by atoms with E-state index >= 15 is 0 Å². The molecule has 0 bridgehead atoms. The van der Waals surface area contributed by atoms with Crippen LogP contribution in [-0.4, -0.2) is 36.0 Å². The van der Waals surface area contributed by atoms with Gasteiger partial charge in [-0.05, 0) is 41.8 Å². The smallest absolute Gasteiger partial charge is 0.224 e. The van der Waals surface area contributed by atoms with E-state index in [2.05, 4.69) is 35.5 Å². The number of aromatic nitrogens is 6. The Balaban J connectivity index is 1.55. The minimum absolute atomic E-state index is 0.0869. The van der Waals surface area contributed by atoms with E-state index in [1.807, 2.05) is 32.0 Å². The quantitative estimate of drug-likeness (QED) is 0.375. The molecule has 5 rings (SSSR count). The number of hydrogen-bond donors (Lipinski definition) is 3. The third kappa shape index (κ3) is 3.68. The van der Waals surface area contributed by atoms with Crippen molar-refractivity contribution in [3.05, 3.63) is 54.7 Å². The highest BCUT2D eigenvalue weighted by atomic mass is 19.1. The van der Waals surface area contributed by atoms with Gasteiger partial charge in [0, 0.05) is 29.8 Å². The summed E-state index contributed by atoms with van der Waals surface area (Å²) in [5, 5.41) is 10.4. The van der Waals surface area contributed by atoms with Crippen LogP contribution in [0.3, 0.4) is 0 Å². The highest BCUT2D eigenvalue weighted by Gasteiger charge is 2.17. The molecule has 3 N–H and O–H groups in total. The number of H-pyrrole nitrogens is 2. The molecule has 0 aliphatic carbocycles. The maximum Gasteiger partial charge on any atom is 0.224 e. The Morgan fingerprint density at radius 2 is 2.06 bits per heavy atom. The largest absolute Gasteiger partial charge is 0.335 e. The summed E-state index contributed by atoms with van der Waals surface area (Å²) in [4.78, 5) is 28.2. The number of anilines is 1. The van der Waals surface area contributed by atoms with Crippen LogP contribution in [-0.2, 0) is 4.79 Å². The van der Waals surface area contributed by atoms with Crippen molar-refractivity contribution in [2.24, 2.45) is 5.92 Å². The first-order valence-electron chi connectivity index (χ1n) is 10.2. The Bertz CT molecular complexity index is 1420. The van der Waals surface area contributed by atoms with Crippen molar-refractivity contribution in [3.63, 3.8) is 0 Å². The molecule has 8 nitrogen and oxygen atoms in total. The molecule has 4 aromatic heterocycles. The number of hydrogen-bond acceptors (Lipinski definition) is 5. The molecule has 1 aromatic carbocycles. The number of nitrogens with one attached hydrogen (secondary N) is 3. The highest BCUT2D eigenvalue weighted by Crippen LogP contribution is 2.32. The molecule has 1 amide bonds. The average molecular weight is 429 g/mol. The number of halogens is 1. The zero-order valence-electron chi connectivity index (χ0n) is 17.5. The van der Waals surface area contributed by atoms with E-state index < -0.39 is 5.82 Å². The van der Waals surface area contributed by atoms with Gasteiger partial charge >= 0.3 is 0 Å². The van der Waals surface area contributed by atoms with Crippen LogP contribution in [0.4, 0.5) is 10.1 Å². The molecule has 5 aromatic rings. The molecular formula is C23H20FN7O. The first kappa shape index (κ1) is 19.8. The maximum absolute atomic E-state index is 14.9. The van der Waals surface area contributed by atoms with E-state index in [9.17, 15) is 9.18 Å². The number of benzene rings is 1. The molecule has 0 aliphatic rings. The lowest BCUT2D eigenvalue weighted by atomic mass is 10.0. The Morgan fingerprint density at radius 1 is 1.19 bits per heavy atom. The molecule has 0 radical (unpaired) electrons. The van der Waals surface area contributed by atoms with Gasteiger partial charge in [0.2, 0.25) is 5.91 Å². The summed E-state index contributed by atoms with van der Waals surface area (Å²) >= 11 is 0. The van der Waals surface area contributed by atoms with Crippen molar-refractivity contribution in [1.82, 2.24) is 30.1 Å². The average Bonchev–Trinajstić information content (AvgIpc) is 3.37. The molecule has 0 saturated carbocycles. The zero-order valence-corrected chi connectivity index (χ0v) is 17.5. The van der Waals surface area contributed by atoms with Crippen molar-refractivity contribution in [1.29, 1.82) is 0 Å². The number of imidazole rings is 1. The van der Waals surface area contributed by atoms with Crippen LogP contribution < -0.4 is 5.32 Å². The van der Waals surface area contributed by atoms with Gasteiger partial charge in [-0.25, -0.2) is 14.4 Å². The van der Waals surface area contributed by atoms with Gasteiger partial charge in [0.15, 0.2) is 17.3 Å². The molecule has 9 heteroatoms. The van der Waals surface area contributed by atoms with Crippen molar-refractivity contribution < 1.29 is 9.18 Å². The lowest BCUT2D eigenvalue weighted by molar-refractivity contribution is -0.116. The summed E-state index contributed by atoms with van der Waals surface area (Å²) < 4.78 is 14.9. The molecule has 160 valence electrons. The minimum atomic E-state index is -0.469. The van der Waals surface area contributed by atoms with E-state index in [0.29, 0.717) is 45.8 Å². The molecule has 0 aliphatic heterocycles. The second-order valence-electron chi connectivity index (χ2n) is 8.02. The topological polar surface area (TPSA) is 112 Å². The van der Waals surface area contributed by atoms with Crippen LogP contribution in [0.5, 0.6) is 0 Å². The fourth-order valence-electron chi connectivity index (χ4n) is 3.63. The van der Waals surface area contributed by atoms with E-state index in [0.717, 1.165) is 5.52 Å². The number of pyridine rings is 2. The predicted octanol–water partition coefficient (Wildman–Crippen LogP) is 4.69. The normalized spacial score (nSPS) is 11.5. The molecule has 0 saturated heterocycles. The van der Waals surface area contributed by atoms with Crippen molar-refractivity contribution in [3.8, 4) is 22.6 Å². The predicted molar refractivity (Wildman–Crippen MR) is 120 cm³/mol. The number of fused-ring (bicyclic) bond motifs is 2. The zero-order chi connectivity index (χ0) is 22.2. The molecule has 0 fully saturated rings. The number of nitrogens with zero attached hydrogens (tertiary/aromatic N) is 4. The van der Waals surface area contributed by atoms with Crippen LogP contribution in [0.25, 0.3) is 44.7 Å². The summed E-state index contributed by atoms with van der Waals surface area (Å²) in [5.74, 6) is 0.209. The Labute approximate surface area is 182 Å². The van der Waals surface area contributed by atoms with Crippen LogP contribution in [0.2, 0.25) is 0 Å². The molecule has 32 heavy (non-hydrogen) atoms. The second-order valence-corrected chi connectivity index (χ2v) is 8.02. The summed E-state index contributed by atoms with van der Waals surface area (Å²) in [6.07, 6.45) is 5.27. The monoisotopic (exact) mass is 429 g/mol. The van der Waals surface area contributed by atoms with Crippen LogP contribution >= 0.6 is 0 Å². The van der Waals surface area contributed by atoms with Crippen molar-refractivity contribution >= 4 is 33.7 Å². The van der Waals surface area contributed by atoms with Crippen LogP contribution in [0.1, 0.15) is 20.3 Å². The third-order valence-electron chi connectivity index (χ3n) is 5.06. The number of carbonyl (C=O) groups excluding carboxylic acids is 1. The maximum atomic E-state index is 14.9. The van der Waals surface area contributed by atoms with E-state index in [1.165, 1.54) is 6.07 Å². The van der Waals surface area contributed by atoms with Gasteiger partial charge in [0.1, 0.15) is 11.2 Å². The molecular weight excluding hydrogens is 409 g/mol. The van der Waals surface area contributed by atoms with E-state index in [4.69, 9.17) is 0 Å². The number of carbonyl (C=O) groups is 1. The van der Waals surface area contributed by atoms with Gasteiger partial charge in [-0.1, -0.05) is 13.8 Å². The fraction of sp³-hybridized carbons (Fsp3) is 0.174. The minimum Gasteiger partial charge on any atom is -0.335 e. The van der Waals surface area contributed by atoms with Gasteiger partial charge in [-0.15, -0.1) is 0 Å². The summed E-state index contributed by atoms with van der Waals surface area (Å²) in [6.45, 7) is 3.96. The number of aromatic amines is 2. The first-order valence-corrected chi connectivity index (χ1v) is 10.2. The Kier molecular flexibility index (Phi) is 4.85. The van der Waals surface area contributed by atoms with Crippen LogP contribution in [0.15, 0.2) is 48.9 Å². The molecule has 0 spiro atoms. The van der Waals surface area contributed by atoms with Crippen molar-refractivity contribution in [2.45, 2.75) is 20.3 Å². The van der Waals surface area contributed by atoms with Crippen LogP contribution in [0, 0.1) is 11.7 Å². The molecule has 4 heterocycles. The standard InChI is InChI=1S/C23H20FN7O/c1-12(2)6-19(32)27-15-7-14(10-25-11-15)13-8-16-20(17(24)9-13)30-31-21(16)23-28-18-4-3-5-26-22(18)29-23/h3-5,7-12H,6H2,1-2H3,(H,27,32)(H,30,31)(H,26,28,29). The highest BCUT2D eigenvalue weighted by molar-refractivity contribution is 5.96. The van der Waals surface area contributed by atoms with E-state index in [1.54, 1.807) is 24.7 Å². The SMILES string of the molecule is CC(C)CC(=O)Nc1cncc(-c2cc(F)c3n[nH]c(-c4nc5ncccc5[nH]4)c3c2)c1. The van der Waals surface area contributed by atoms with Crippen molar-refractivity contribution in [2.75, 3.05) is 5.32 Å². The van der Waals surface area contributed by atoms with E-state index in [-0.39, 0.29) is 17.3 Å². The van der Waals surface area contributed by atoms with Gasteiger partial charge in [-0.3, -0.25) is 14.9 Å². The lowest BCUT2D eigenvalue weighted by Gasteiger charge is -2.09. The van der Waals surface area contributed by atoms with Gasteiger partial charge in [0.05, 0.1) is 17.4 Å². The van der Waals surface area contributed by atoms with Gasteiger partial charge in [0.25, 0.3) is 0 Å². The number of amides is 1. The Hall–Kier alpha value is -4.14. The fourth-order valence-corrected chi connectivity index (χ4v) is 3.63. The Morgan fingerprint density at radius 3 is 2.88 bits per heavy atom. The summed E-state index contributed by atoms with van der Waals surface area (Å²) in [7, 11) is 0. The summed E-state index contributed by atoms with van der Waals surface area (Å²) in [5.41, 5.74) is 3.96. The second kappa shape index (κ2) is 7.84. The number of rotatable bonds is 5. The summed E-state index contributed by atoms with van der Waals surface area (Å²) in [6, 6.07) is 8.69. The first-order chi connectivity index (χ1) is 15.5. The molecule has 0 unspecified atom stereocenters. The van der Waals surface area contributed by atoms with Gasteiger partial charge < -0.3 is 10.3 Å². The lowest BCUT2D eigenvalue weighted by Crippen LogP contribution is -2.13.